The molecule has 11 rings (SSSR count). The molecule has 7 aromatic carbocycles. The number of benzene rings is 7. The Bertz CT molecular complexity index is 3080. The van der Waals surface area contributed by atoms with Gasteiger partial charge in [-0.15, -0.1) is 0 Å². The highest BCUT2D eigenvalue weighted by Crippen LogP contribution is 2.48. The minimum atomic E-state index is 0.679. The normalized spacial score (nSPS) is 12.1. The number of rotatable bonds is 3. The summed E-state index contributed by atoms with van der Waals surface area (Å²) < 4.78 is 15.8. The molecule has 0 spiro atoms. The smallest absolute Gasteiger partial charge is 0.160 e. The molecule has 4 aromatic heterocycles. The Morgan fingerprint density at radius 3 is 1.82 bits per heavy atom. The number of para-hydroxylation sites is 4. The highest BCUT2D eigenvalue weighted by atomic mass is 16.3. The van der Waals surface area contributed by atoms with Gasteiger partial charge in [-0.3, -0.25) is 0 Å². The minimum absolute atomic E-state index is 0.679. The fraction of sp³-hybridized carbons (Fsp3) is 0. The van der Waals surface area contributed by atoms with E-state index in [0.717, 1.165) is 99.1 Å². The molecule has 49 heavy (non-hydrogen) atoms. The van der Waals surface area contributed by atoms with Crippen LogP contribution in [0.5, 0.6) is 0 Å². The molecule has 0 bridgehead atoms. The topological polar surface area (TPSA) is 57.0 Å². The Balaban J connectivity index is 1.26. The van der Waals surface area contributed by atoms with E-state index < -0.39 is 0 Å². The minimum Gasteiger partial charge on any atom is -0.455 e. The molecule has 0 aliphatic heterocycles. The first-order chi connectivity index (χ1) is 24.3. The van der Waals surface area contributed by atoms with Gasteiger partial charge in [0.2, 0.25) is 0 Å². The van der Waals surface area contributed by atoms with Crippen molar-refractivity contribution in [3.05, 3.63) is 152 Å². The molecule has 0 saturated carbocycles. The Morgan fingerprint density at radius 1 is 0.449 bits per heavy atom. The van der Waals surface area contributed by atoms with Crippen LogP contribution in [-0.4, -0.2) is 14.5 Å². The van der Waals surface area contributed by atoms with Gasteiger partial charge in [-0.2, -0.15) is 0 Å². The van der Waals surface area contributed by atoms with Crippen molar-refractivity contribution < 1.29 is 8.83 Å². The van der Waals surface area contributed by atoms with Crippen molar-refractivity contribution in [2.75, 3.05) is 0 Å². The molecule has 5 nitrogen and oxygen atoms in total. The zero-order valence-electron chi connectivity index (χ0n) is 26.1. The van der Waals surface area contributed by atoms with Gasteiger partial charge in [0.15, 0.2) is 5.82 Å². The molecule has 11 aromatic rings. The van der Waals surface area contributed by atoms with Crippen molar-refractivity contribution in [1.82, 2.24) is 14.5 Å². The van der Waals surface area contributed by atoms with Crippen LogP contribution in [-0.2, 0) is 0 Å². The van der Waals surface area contributed by atoms with E-state index in [1.807, 2.05) is 54.6 Å². The summed E-state index contributed by atoms with van der Waals surface area (Å²) in [6.45, 7) is 0. The molecule has 228 valence electrons. The SMILES string of the molecule is c1ccc(-c2nc(-c3cccc(-n4c5ccccc5c5c6oc7ccccc7c6c6oc7ccccc7c6c54)c3)nc3ccccc23)cc1. The van der Waals surface area contributed by atoms with Crippen LogP contribution in [0.4, 0.5) is 0 Å². The van der Waals surface area contributed by atoms with Crippen molar-refractivity contribution >= 4 is 76.6 Å². The van der Waals surface area contributed by atoms with E-state index in [2.05, 4.69) is 102 Å². The van der Waals surface area contributed by atoms with E-state index in [1.165, 1.54) is 0 Å². The van der Waals surface area contributed by atoms with Gasteiger partial charge in [0.1, 0.15) is 22.3 Å². The maximum atomic E-state index is 6.72. The van der Waals surface area contributed by atoms with Gasteiger partial charge in [0.25, 0.3) is 0 Å². The summed E-state index contributed by atoms with van der Waals surface area (Å²) in [6, 6.07) is 52.2. The second kappa shape index (κ2) is 9.89. The first-order valence-electron chi connectivity index (χ1n) is 16.4. The Morgan fingerprint density at radius 2 is 1.04 bits per heavy atom. The number of furan rings is 2. The molecule has 0 radical (unpaired) electrons. The van der Waals surface area contributed by atoms with Crippen molar-refractivity contribution in [1.29, 1.82) is 0 Å². The number of fused-ring (bicyclic) bond motifs is 13. The van der Waals surface area contributed by atoms with Gasteiger partial charge in [-0.1, -0.05) is 115 Å². The lowest BCUT2D eigenvalue weighted by atomic mass is 10.0. The molecule has 0 N–H and O–H groups in total. The fourth-order valence-corrected chi connectivity index (χ4v) is 7.68. The summed E-state index contributed by atoms with van der Waals surface area (Å²) in [7, 11) is 0. The Kier molecular flexibility index (Phi) is 5.32. The largest absolute Gasteiger partial charge is 0.455 e. The van der Waals surface area contributed by atoms with Crippen LogP contribution in [0, 0.1) is 0 Å². The molecular formula is C44H25N3O2. The second-order valence-electron chi connectivity index (χ2n) is 12.5. The van der Waals surface area contributed by atoms with Gasteiger partial charge in [-0.05, 0) is 36.4 Å². The van der Waals surface area contributed by atoms with Crippen LogP contribution >= 0.6 is 0 Å². The molecule has 0 unspecified atom stereocenters. The molecule has 0 amide bonds. The van der Waals surface area contributed by atoms with Crippen LogP contribution < -0.4 is 0 Å². The summed E-state index contributed by atoms with van der Waals surface area (Å²) in [6.07, 6.45) is 0. The lowest BCUT2D eigenvalue weighted by Crippen LogP contribution is -1.98. The molecule has 0 atom stereocenters. The Hall–Kier alpha value is -6.72. The lowest BCUT2D eigenvalue weighted by Gasteiger charge is -2.12. The summed E-state index contributed by atoms with van der Waals surface area (Å²) >= 11 is 0. The molecule has 0 saturated heterocycles. The second-order valence-corrected chi connectivity index (χ2v) is 12.5. The average Bonchev–Trinajstić information content (AvgIpc) is 3.84. The van der Waals surface area contributed by atoms with Crippen LogP contribution in [0.1, 0.15) is 0 Å². The fourth-order valence-electron chi connectivity index (χ4n) is 7.68. The van der Waals surface area contributed by atoms with Gasteiger partial charge in [-0.25, -0.2) is 9.97 Å². The maximum absolute atomic E-state index is 6.72. The third kappa shape index (κ3) is 3.70. The standard InChI is InChI=1S/C44H25N3O2/c1-2-13-26(14-3-1)40-29-17-4-8-21-33(29)45-44(46-40)27-15-12-16-28(25-27)47-34-22-9-5-18-30(34)37-41(47)38-31-19-6-10-23-35(31)48-43(38)39-32-20-7-11-24-36(32)49-42(37)39/h1-25H. The number of aromatic nitrogens is 3. The van der Waals surface area contributed by atoms with Crippen LogP contribution in [0.25, 0.3) is 105 Å². The van der Waals surface area contributed by atoms with E-state index in [-0.39, 0.29) is 0 Å². The van der Waals surface area contributed by atoms with Crippen LogP contribution in [0.15, 0.2) is 160 Å². The highest BCUT2D eigenvalue weighted by molar-refractivity contribution is 6.37. The molecule has 5 heteroatoms. The van der Waals surface area contributed by atoms with Gasteiger partial charge in [0.05, 0.1) is 38.4 Å². The molecule has 0 aliphatic rings. The van der Waals surface area contributed by atoms with Crippen LogP contribution in [0.3, 0.4) is 0 Å². The third-order valence-corrected chi connectivity index (χ3v) is 9.77. The third-order valence-electron chi connectivity index (χ3n) is 9.77. The van der Waals surface area contributed by atoms with E-state index in [9.17, 15) is 0 Å². The molecule has 0 aliphatic carbocycles. The predicted molar refractivity (Wildman–Crippen MR) is 199 cm³/mol. The van der Waals surface area contributed by atoms with Gasteiger partial charge in [0, 0.05) is 38.4 Å². The van der Waals surface area contributed by atoms with Crippen LogP contribution in [0.2, 0.25) is 0 Å². The maximum Gasteiger partial charge on any atom is 0.160 e. The quantitative estimate of drug-likeness (QED) is 0.196. The summed E-state index contributed by atoms with van der Waals surface area (Å²) in [4.78, 5) is 10.3. The first-order valence-corrected chi connectivity index (χ1v) is 16.4. The van der Waals surface area contributed by atoms with E-state index in [0.29, 0.717) is 5.82 Å². The monoisotopic (exact) mass is 627 g/mol. The molecular weight excluding hydrogens is 603 g/mol. The Labute approximate surface area is 279 Å². The van der Waals surface area contributed by atoms with Crippen molar-refractivity contribution in [3.8, 4) is 28.3 Å². The van der Waals surface area contributed by atoms with Crippen molar-refractivity contribution in [3.63, 3.8) is 0 Å². The average molecular weight is 628 g/mol. The van der Waals surface area contributed by atoms with E-state index >= 15 is 0 Å². The van der Waals surface area contributed by atoms with Gasteiger partial charge >= 0.3 is 0 Å². The van der Waals surface area contributed by atoms with Crippen molar-refractivity contribution in [2.24, 2.45) is 0 Å². The zero-order chi connectivity index (χ0) is 32.1. The lowest BCUT2D eigenvalue weighted by molar-refractivity contribution is 0.665. The number of nitrogens with zero attached hydrogens (tertiary/aromatic N) is 3. The zero-order valence-corrected chi connectivity index (χ0v) is 26.1. The van der Waals surface area contributed by atoms with Crippen molar-refractivity contribution in [2.45, 2.75) is 0 Å². The van der Waals surface area contributed by atoms with E-state index in [4.69, 9.17) is 18.8 Å². The predicted octanol–water partition coefficient (Wildman–Crippen LogP) is 11.9. The highest BCUT2D eigenvalue weighted by Gasteiger charge is 2.26. The summed E-state index contributed by atoms with van der Waals surface area (Å²) in [5, 5.41) is 7.40. The summed E-state index contributed by atoms with van der Waals surface area (Å²) in [5.41, 5.74) is 10.3. The van der Waals surface area contributed by atoms with E-state index in [1.54, 1.807) is 0 Å². The number of hydrogen-bond acceptors (Lipinski definition) is 4. The first kappa shape index (κ1) is 26.4. The molecule has 4 heterocycles. The summed E-state index contributed by atoms with van der Waals surface area (Å²) in [5.74, 6) is 0.679. The number of hydrogen-bond donors (Lipinski definition) is 0. The van der Waals surface area contributed by atoms with Gasteiger partial charge < -0.3 is 13.4 Å². The molecule has 0 fully saturated rings.